The molecular formula is C25H19F6OPS. The summed E-state index contributed by atoms with van der Waals surface area (Å²) in [6.07, 6.45) is 0.755. The molecule has 0 saturated carbocycles. The minimum absolute atomic E-state index is 0.125. The second kappa shape index (κ2) is 7.85. The van der Waals surface area contributed by atoms with E-state index in [-0.39, 0.29) is 5.78 Å². The molecule has 34 heavy (non-hydrogen) atoms. The van der Waals surface area contributed by atoms with Crippen molar-refractivity contribution < 1.29 is 30.0 Å². The third-order valence-electron chi connectivity index (χ3n) is 5.40. The molecule has 0 N–H and O–H groups in total. The van der Waals surface area contributed by atoms with Crippen LogP contribution in [-0.4, -0.2) is 11.5 Å². The van der Waals surface area contributed by atoms with Crippen LogP contribution in [0.5, 0.6) is 0 Å². The summed E-state index contributed by atoms with van der Waals surface area (Å²) in [6, 6.07) is 27.7. The quantitative estimate of drug-likeness (QED) is 0.0774. The van der Waals surface area contributed by atoms with Gasteiger partial charge in [-0.25, -0.2) is 0 Å². The SMILES string of the molecule is F[P-](F)(F)(F)(F)F.O=C(C[SH2+])c1ccccc1Cc1cc2ccc3cccc4ccc(c1)c2c34. The molecule has 5 aromatic carbocycles. The standard InChI is InChI=1S/C25H18OS.F6P/c26-23(15-27)22-7-2-1-4-19(22)12-16-13-20-10-8-17-5-3-6-18-9-11-21(14-16)25(20)24(17)18;1-7(2,3,4,5)6/h1-11,13-14,27H,12,15H2;/q;-1/p+1. The van der Waals surface area contributed by atoms with Crippen LogP contribution in [0.1, 0.15) is 21.5 Å². The van der Waals surface area contributed by atoms with Crippen LogP contribution < -0.4 is 0 Å². The van der Waals surface area contributed by atoms with Crippen LogP contribution in [0.25, 0.3) is 32.3 Å². The van der Waals surface area contributed by atoms with Crippen molar-refractivity contribution in [3.05, 3.63) is 95.6 Å². The fourth-order valence-corrected chi connectivity index (χ4v) is 4.37. The Morgan fingerprint density at radius 1 is 0.676 bits per heavy atom. The van der Waals surface area contributed by atoms with Gasteiger partial charge < -0.3 is 0 Å². The van der Waals surface area contributed by atoms with Gasteiger partial charge in [-0.3, -0.25) is 4.79 Å². The predicted molar refractivity (Wildman–Crippen MR) is 132 cm³/mol. The van der Waals surface area contributed by atoms with Gasteiger partial charge in [-0.15, -0.1) is 0 Å². The summed E-state index contributed by atoms with van der Waals surface area (Å²) in [6.45, 7) is 0. The first-order chi connectivity index (χ1) is 15.7. The summed E-state index contributed by atoms with van der Waals surface area (Å²) in [7, 11) is -10.7. The second-order valence-electron chi connectivity index (χ2n) is 8.02. The van der Waals surface area contributed by atoms with E-state index in [2.05, 4.69) is 73.3 Å². The van der Waals surface area contributed by atoms with Gasteiger partial charge in [0, 0.05) is 5.56 Å². The molecule has 0 unspecified atom stereocenters. The fraction of sp³-hybridized carbons (Fsp3) is 0.0800. The van der Waals surface area contributed by atoms with Crippen LogP contribution in [0.15, 0.2) is 78.9 Å². The van der Waals surface area contributed by atoms with E-state index in [1.807, 2.05) is 18.2 Å². The molecule has 0 saturated heterocycles. The average Bonchev–Trinajstić information content (AvgIpc) is 2.75. The first-order valence-corrected chi connectivity index (χ1v) is 12.9. The van der Waals surface area contributed by atoms with Gasteiger partial charge in [-0.05, 0) is 62.5 Å². The van der Waals surface area contributed by atoms with Crippen LogP contribution >= 0.6 is 7.81 Å². The molecule has 0 aliphatic rings. The summed E-state index contributed by atoms with van der Waals surface area (Å²) in [5, 5.41) is 7.76. The minimum Gasteiger partial charge on any atom is -0.289 e. The van der Waals surface area contributed by atoms with Crippen molar-refractivity contribution in [3.8, 4) is 0 Å². The zero-order chi connectivity index (χ0) is 24.8. The van der Waals surface area contributed by atoms with Crippen molar-refractivity contribution in [2.24, 2.45) is 0 Å². The first kappa shape index (κ1) is 24.3. The Balaban J connectivity index is 0.000000344. The van der Waals surface area contributed by atoms with Crippen molar-refractivity contribution >= 4 is 58.5 Å². The summed E-state index contributed by atoms with van der Waals surface area (Å²) in [4.78, 5) is 12.3. The molecule has 0 bridgehead atoms. The maximum Gasteiger partial charge on any atom is 0.211 e. The number of Topliss-reactive ketones (excluding diaryl/α,β-unsaturated/α-hetero) is 1. The van der Waals surface area contributed by atoms with Crippen LogP contribution in [-0.2, 0) is 19.0 Å². The molecule has 0 atom stereocenters. The molecule has 0 aliphatic heterocycles. The summed E-state index contributed by atoms with van der Waals surface area (Å²) in [5.41, 5.74) is 3.11. The largest absolute Gasteiger partial charge is 0.289 e. The van der Waals surface area contributed by atoms with E-state index in [0.717, 1.165) is 17.5 Å². The Labute approximate surface area is 196 Å². The number of carbonyl (C=O) groups is 1. The van der Waals surface area contributed by atoms with Gasteiger partial charge in [0.05, 0.1) is 0 Å². The Bertz CT molecular complexity index is 1460. The Morgan fingerprint density at radius 2 is 1.15 bits per heavy atom. The van der Waals surface area contributed by atoms with Gasteiger partial charge in [0.2, 0.25) is 5.78 Å². The van der Waals surface area contributed by atoms with E-state index >= 15 is 0 Å². The number of carbonyl (C=O) groups excluding carboxylic acids is 1. The smallest absolute Gasteiger partial charge is 0.211 e. The van der Waals surface area contributed by atoms with E-state index in [1.165, 1.54) is 37.9 Å². The second-order valence-corrected chi connectivity index (χ2v) is 10.3. The van der Waals surface area contributed by atoms with E-state index in [0.29, 0.717) is 5.75 Å². The van der Waals surface area contributed by atoms with E-state index in [1.54, 1.807) is 0 Å². The first-order valence-electron chi connectivity index (χ1n) is 10.2. The summed E-state index contributed by atoms with van der Waals surface area (Å²) in [5.74, 6) is 0.470. The zero-order valence-electron chi connectivity index (χ0n) is 17.5. The van der Waals surface area contributed by atoms with E-state index in [4.69, 9.17) is 0 Å². The molecule has 0 spiro atoms. The van der Waals surface area contributed by atoms with Crippen LogP contribution in [0.4, 0.5) is 25.2 Å². The fourth-order valence-electron chi connectivity index (χ4n) is 4.18. The number of rotatable bonds is 4. The van der Waals surface area contributed by atoms with E-state index in [9.17, 15) is 30.0 Å². The number of ketones is 1. The Morgan fingerprint density at radius 3 is 1.68 bits per heavy atom. The van der Waals surface area contributed by atoms with Gasteiger partial charge in [-0.1, -0.05) is 78.9 Å². The molecule has 0 aromatic heterocycles. The van der Waals surface area contributed by atoms with Crippen molar-refractivity contribution in [2.45, 2.75) is 6.42 Å². The third kappa shape index (κ3) is 5.99. The molecule has 178 valence electrons. The maximum atomic E-state index is 12.3. The molecule has 0 heterocycles. The molecule has 0 fully saturated rings. The number of benzene rings is 5. The summed E-state index contributed by atoms with van der Waals surface area (Å²) >= 11 is 3.35. The van der Waals surface area contributed by atoms with Gasteiger partial charge in [0.25, 0.3) is 0 Å². The van der Waals surface area contributed by atoms with Gasteiger partial charge in [0.1, 0.15) is 0 Å². The summed E-state index contributed by atoms with van der Waals surface area (Å²) < 4.78 is 59.2. The van der Waals surface area contributed by atoms with Gasteiger partial charge >= 0.3 is 33.0 Å². The van der Waals surface area contributed by atoms with Crippen LogP contribution in [0.2, 0.25) is 0 Å². The third-order valence-corrected chi connectivity index (χ3v) is 5.72. The Kier molecular flexibility index (Phi) is 5.61. The number of hydrogen-bond donors (Lipinski definition) is 0. The van der Waals surface area contributed by atoms with Gasteiger partial charge in [0.15, 0.2) is 5.75 Å². The normalized spacial score (nSPS) is 14.0. The molecule has 0 amide bonds. The molecule has 9 heteroatoms. The van der Waals surface area contributed by atoms with Crippen molar-refractivity contribution in [3.63, 3.8) is 0 Å². The van der Waals surface area contributed by atoms with E-state index < -0.39 is 7.81 Å². The molecule has 5 rings (SSSR count). The van der Waals surface area contributed by atoms with Crippen LogP contribution in [0.3, 0.4) is 0 Å². The van der Waals surface area contributed by atoms with Crippen molar-refractivity contribution in [1.82, 2.24) is 0 Å². The zero-order valence-corrected chi connectivity index (χ0v) is 19.4. The average molecular weight is 512 g/mol. The molecule has 1 nitrogen and oxygen atoms in total. The maximum absolute atomic E-state index is 12.3. The topological polar surface area (TPSA) is 17.1 Å². The number of halogens is 6. The molecule has 5 aromatic rings. The molecule has 0 radical (unpaired) electrons. The number of hydrogen-bond acceptors (Lipinski definition) is 1. The Hall–Kier alpha value is -2.83. The minimum atomic E-state index is -10.7. The monoisotopic (exact) mass is 512 g/mol. The molecular weight excluding hydrogens is 493 g/mol. The molecule has 0 aliphatic carbocycles. The van der Waals surface area contributed by atoms with Gasteiger partial charge in [-0.2, -0.15) is 0 Å². The van der Waals surface area contributed by atoms with Crippen LogP contribution in [0, 0.1) is 0 Å². The van der Waals surface area contributed by atoms with Crippen molar-refractivity contribution in [2.75, 3.05) is 5.75 Å². The predicted octanol–water partition coefficient (Wildman–Crippen LogP) is 8.75. The van der Waals surface area contributed by atoms with Crippen molar-refractivity contribution in [1.29, 1.82) is 0 Å².